The van der Waals surface area contributed by atoms with E-state index in [9.17, 15) is 0 Å². The molecule has 0 bridgehead atoms. The van der Waals surface area contributed by atoms with Crippen molar-refractivity contribution in [3.63, 3.8) is 0 Å². The zero-order valence-corrected chi connectivity index (χ0v) is 4.55. The molecular weight excluding hydrogens is 126 g/mol. The first-order valence-corrected chi connectivity index (χ1v) is 2.77. The van der Waals surface area contributed by atoms with Gasteiger partial charge in [-0.05, 0) is 21.8 Å². The van der Waals surface area contributed by atoms with Crippen LogP contribution in [0.2, 0.25) is 0 Å². The molecule has 0 spiro atoms. The Hall–Kier alpha value is -0.970. The fraction of sp³-hybridized carbons (Fsp3) is 0. The highest BCUT2D eigenvalue weighted by molar-refractivity contribution is 7.12. The van der Waals surface area contributed by atoms with Crippen molar-refractivity contribution in [2.45, 2.75) is 0 Å². The highest BCUT2D eigenvalue weighted by atomic mass is 32.1. The Morgan fingerprint density at radius 1 is 1.50 bits per heavy atom. The number of aromatic nitrogens is 3. The molecule has 8 heavy (non-hydrogen) atoms. The SMILES string of the molecule is c1nsc2nonc12. The Morgan fingerprint density at radius 3 is 3.38 bits per heavy atom. The minimum Gasteiger partial charge on any atom is -0.242 e. The lowest BCUT2D eigenvalue weighted by Crippen LogP contribution is -1.52. The van der Waals surface area contributed by atoms with Gasteiger partial charge in [0, 0.05) is 0 Å². The van der Waals surface area contributed by atoms with Crippen LogP contribution in [0.1, 0.15) is 0 Å². The van der Waals surface area contributed by atoms with Crippen molar-refractivity contribution in [2.75, 3.05) is 0 Å². The van der Waals surface area contributed by atoms with Crippen molar-refractivity contribution in [2.24, 2.45) is 0 Å². The molecule has 0 amide bonds. The lowest BCUT2D eigenvalue weighted by atomic mass is 10.7. The van der Waals surface area contributed by atoms with Crippen LogP contribution in [0.5, 0.6) is 0 Å². The van der Waals surface area contributed by atoms with Gasteiger partial charge in [-0.3, -0.25) is 0 Å². The van der Waals surface area contributed by atoms with Crippen LogP contribution in [-0.4, -0.2) is 14.7 Å². The first-order valence-electron chi connectivity index (χ1n) is 2.00. The van der Waals surface area contributed by atoms with Gasteiger partial charge in [0.1, 0.15) is 0 Å². The Labute approximate surface area is 48.3 Å². The van der Waals surface area contributed by atoms with Crippen LogP contribution in [0.25, 0.3) is 10.3 Å². The second-order valence-corrected chi connectivity index (χ2v) is 2.06. The zero-order chi connectivity index (χ0) is 5.40. The van der Waals surface area contributed by atoms with E-state index in [0.717, 1.165) is 10.3 Å². The van der Waals surface area contributed by atoms with Gasteiger partial charge in [-0.25, -0.2) is 4.63 Å². The van der Waals surface area contributed by atoms with Gasteiger partial charge in [-0.2, -0.15) is 4.37 Å². The molecule has 0 saturated heterocycles. The average Bonchev–Trinajstić information content (AvgIpc) is 2.15. The summed E-state index contributed by atoms with van der Waals surface area (Å²) in [5.74, 6) is 0. The van der Waals surface area contributed by atoms with Gasteiger partial charge in [-0.15, -0.1) is 0 Å². The van der Waals surface area contributed by atoms with E-state index in [0.29, 0.717) is 0 Å². The molecule has 0 unspecified atom stereocenters. The van der Waals surface area contributed by atoms with Gasteiger partial charge in [0.05, 0.1) is 6.20 Å². The minimum absolute atomic E-state index is 0.731. The van der Waals surface area contributed by atoms with Crippen molar-refractivity contribution in [3.8, 4) is 0 Å². The summed E-state index contributed by atoms with van der Waals surface area (Å²) in [7, 11) is 0. The van der Waals surface area contributed by atoms with E-state index in [1.807, 2.05) is 0 Å². The molecule has 2 aromatic heterocycles. The van der Waals surface area contributed by atoms with Gasteiger partial charge in [0.2, 0.25) is 4.83 Å². The topological polar surface area (TPSA) is 51.8 Å². The van der Waals surface area contributed by atoms with Gasteiger partial charge in [-0.1, -0.05) is 0 Å². The summed E-state index contributed by atoms with van der Waals surface area (Å²) in [5.41, 5.74) is 0.731. The van der Waals surface area contributed by atoms with Gasteiger partial charge in [0.25, 0.3) is 0 Å². The van der Waals surface area contributed by atoms with E-state index in [1.165, 1.54) is 11.5 Å². The van der Waals surface area contributed by atoms with E-state index < -0.39 is 0 Å². The Balaban J connectivity index is 3.06. The number of hydrogen-bond acceptors (Lipinski definition) is 5. The molecule has 0 aliphatic carbocycles. The molecule has 0 aliphatic rings. The van der Waals surface area contributed by atoms with Crippen LogP contribution in [0.15, 0.2) is 10.8 Å². The highest BCUT2D eigenvalue weighted by Crippen LogP contribution is 2.10. The van der Waals surface area contributed by atoms with E-state index in [1.54, 1.807) is 6.20 Å². The molecule has 0 fully saturated rings. The maximum absolute atomic E-state index is 4.38. The molecule has 0 radical (unpaired) electrons. The minimum atomic E-state index is 0.731. The molecular formula is C3HN3OS. The quantitative estimate of drug-likeness (QED) is 0.522. The smallest absolute Gasteiger partial charge is 0.207 e. The largest absolute Gasteiger partial charge is 0.242 e. The number of nitrogens with zero attached hydrogens (tertiary/aromatic N) is 3. The summed E-state index contributed by atoms with van der Waals surface area (Å²) in [6, 6.07) is 0. The van der Waals surface area contributed by atoms with Crippen molar-refractivity contribution in [3.05, 3.63) is 6.20 Å². The van der Waals surface area contributed by atoms with Crippen LogP contribution in [0, 0.1) is 0 Å². The summed E-state index contributed by atoms with van der Waals surface area (Å²) < 4.78 is 8.19. The third kappa shape index (κ3) is 0.362. The monoisotopic (exact) mass is 127 g/mol. The average molecular weight is 127 g/mol. The second-order valence-electron chi connectivity index (χ2n) is 1.28. The third-order valence-electron chi connectivity index (χ3n) is 0.796. The van der Waals surface area contributed by atoms with E-state index in [2.05, 4.69) is 19.3 Å². The first-order chi connectivity index (χ1) is 3.97. The lowest BCUT2D eigenvalue weighted by Gasteiger charge is -1.54. The predicted molar refractivity (Wildman–Crippen MR) is 27.5 cm³/mol. The van der Waals surface area contributed by atoms with Crippen LogP contribution in [0.3, 0.4) is 0 Å². The molecule has 0 aromatic carbocycles. The number of hydrogen-bond donors (Lipinski definition) is 0. The molecule has 40 valence electrons. The van der Waals surface area contributed by atoms with Crippen molar-refractivity contribution in [1.82, 2.24) is 14.7 Å². The fourth-order valence-corrected chi connectivity index (χ4v) is 0.958. The third-order valence-corrected chi connectivity index (χ3v) is 1.46. The van der Waals surface area contributed by atoms with Gasteiger partial charge < -0.3 is 0 Å². The molecule has 2 rings (SSSR count). The highest BCUT2D eigenvalue weighted by Gasteiger charge is 1.98. The van der Waals surface area contributed by atoms with Gasteiger partial charge in [0.15, 0.2) is 5.52 Å². The second kappa shape index (κ2) is 1.25. The molecule has 5 heteroatoms. The maximum atomic E-state index is 4.38. The van der Waals surface area contributed by atoms with Crippen LogP contribution < -0.4 is 0 Å². The summed E-state index contributed by atoms with van der Waals surface area (Å²) >= 11 is 1.28. The number of rotatable bonds is 0. The summed E-state index contributed by atoms with van der Waals surface area (Å²) in [5, 5.41) is 7.09. The predicted octanol–water partition coefficient (Wildman–Crippen LogP) is 0.679. The first kappa shape index (κ1) is 3.96. The van der Waals surface area contributed by atoms with Crippen molar-refractivity contribution >= 4 is 21.9 Å². The van der Waals surface area contributed by atoms with E-state index in [-0.39, 0.29) is 0 Å². The summed E-state index contributed by atoms with van der Waals surface area (Å²) in [6.45, 7) is 0. The lowest BCUT2D eigenvalue weighted by molar-refractivity contribution is 0.316. The van der Waals surface area contributed by atoms with Crippen molar-refractivity contribution in [1.29, 1.82) is 0 Å². The van der Waals surface area contributed by atoms with Crippen molar-refractivity contribution < 1.29 is 4.63 Å². The van der Waals surface area contributed by atoms with Gasteiger partial charge >= 0.3 is 0 Å². The maximum Gasteiger partial charge on any atom is 0.207 e. The Kier molecular flexibility index (Phi) is 0.621. The fourth-order valence-electron chi connectivity index (χ4n) is 0.456. The summed E-state index contributed by atoms with van der Waals surface area (Å²) in [4.78, 5) is 0.755. The molecule has 2 aromatic rings. The van der Waals surface area contributed by atoms with Crippen LogP contribution in [-0.2, 0) is 0 Å². The molecule has 0 atom stereocenters. The molecule has 0 saturated carbocycles. The molecule has 0 aliphatic heterocycles. The standard InChI is InChI=1S/C3HN3OS/c1-2-3(8-4-1)6-7-5-2/h1H. The Morgan fingerprint density at radius 2 is 2.50 bits per heavy atom. The normalized spacial score (nSPS) is 10.5. The Bertz CT molecular complexity index is 236. The molecule has 4 nitrogen and oxygen atoms in total. The summed E-state index contributed by atoms with van der Waals surface area (Å²) in [6.07, 6.45) is 1.62. The number of fused-ring (bicyclic) bond motifs is 1. The van der Waals surface area contributed by atoms with Crippen LogP contribution >= 0.6 is 11.5 Å². The molecule has 0 N–H and O–H groups in total. The van der Waals surface area contributed by atoms with Crippen LogP contribution in [0.4, 0.5) is 0 Å². The zero-order valence-electron chi connectivity index (χ0n) is 3.74. The molecule has 2 heterocycles. The van der Waals surface area contributed by atoms with E-state index in [4.69, 9.17) is 0 Å². The van der Waals surface area contributed by atoms with E-state index >= 15 is 0 Å².